The molecule has 1 atom stereocenters. The summed E-state index contributed by atoms with van der Waals surface area (Å²) in [6, 6.07) is -0.542. The Morgan fingerprint density at radius 3 is 2.83 bits per heavy atom. The average molecular weight is 270 g/mol. The first kappa shape index (κ1) is 14.4. The Bertz CT molecular complexity index is 419. The molecule has 0 fully saturated rings. The van der Waals surface area contributed by atoms with Crippen molar-refractivity contribution in [3.63, 3.8) is 0 Å². The van der Waals surface area contributed by atoms with Crippen LogP contribution in [0.1, 0.15) is 26.0 Å². The van der Waals surface area contributed by atoms with E-state index < -0.39 is 6.04 Å². The van der Waals surface area contributed by atoms with E-state index in [9.17, 15) is 9.59 Å². The van der Waals surface area contributed by atoms with Gasteiger partial charge in [0.25, 0.3) is 0 Å². The lowest BCUT2D eigenvalue weighted by Crippen LogP contribution is -2.45. The van der Waals surface area contributed by atoms with Gasteiger partial charge < -0.3 is 16.4 Å². The van der Waals surface area contributed by atoms with E-state index in [0.717, 1.165) is 6.42 Å². The molecule has 1 heterocycles. The zero-order valence-electron chi connectivity index (χ0n) is 10.5. The Kier molecular flexibility index (Phi) is 5.57. The molecule has 0 aliphatic heterocycles. The molecule has 0 spiro atoms. The molecule has 1 rings (SSSR count). The molecule has 1 unspecified atom stereocenters. The minimum Gasteiger partial charge on any atom is -0.375 e. The lowest BCUT2D eigenvalue weighted by atomic mass is 10.2. The summed E-state index contributed by atoms with van der Waals surface area (Å²) >= 11 is 1.29. The molecule has 0 saturated heterocycles. The molecule has 4 N–H and O–H groups in total. The van der Waals surface area contributed by atoms with Crippen LogP contribution in [0.2, 0.25) is 0 Å². The Morgan fingerprint density at radius 2 is 2.28 bits per heavy atom. The summed E-state index contributed by atoms with van der Waals surface area (Å²) in [5.74, 6) is -0.414. The first-order valence-electron chi connectivity index (χ1n) is 5.80. The van der Waals surface area contributed by atoms with Crippen LogP contribution in [-0.4, -0.2) is 29.4 Å². The van der Waals surface area contributed by atoms with Gasteiger partial charge in [0.15, 0.2) is 5.13 Å². The van der Waals surface area contributed by atoms with Crippen molar-refractivity contribution in [2.45, 2.75) is 32.7 Å². The quantitative estimate of drug-likeness (QED) is 0.692. The normalized spacial score (nSPS) is 11.9. The second-order valence-corrected chi connectivity index (χ2v) is 4.82. The van der Waals surface area contributed by atoms with Crippen LogP contribution in [0.4, 0.5) is 5.13 Å². The second-order valence-electron chi connectivity index (χ2n) is 3.93. The van der Waals surface area contributed by atoms with E-state index >= 15 is 0 Å². The molecular weight excluding hydrogens is 252 g/mol. The van der Waals surface area contributed by atoms with Crippen LogP contribution in [0.3, 0.4) is 0 Å². The fourth-order valence-electron chi connectivity index (χ4n) is 1.33. The molecule has 1 aromatic heterocycles. The van der Waals surface area contributed by atoms with Crippen molar-refractivity contribution in [3.8, 4) is 0 Å². The molecule has 6 nitrogen and oxygen atoms in total. The number of nitrogen functional groups attached to an aromatic ring is 1. The van der Waals surface area contributed by atoms with Gasteiger partial charge in [-0.05, 0) is 13.3 Å². The number of rotatable bonds is 6. The molecule has 100 valence electrons. The summed E-state index contributed by atoms with van der Waals surface area (Å²) in [6.07, 6.45) is 1.00. The summed E-state index contributed by atoms with van der Waals surface area (Å²) in [5.41, 5.74) is 6.09. The molecule has 2 amide bonds. The molecule has 0 aliphatic rings. The number of aromatic nitrogens is 1. The average Bonchev–Trinajstić information content (AvgIpc) is 2.71. The zero-order valence-corrected chi connectivity index (χ0v) is 11.3. The van der Waals surface area contributed by atoms with Gasteiger partial charge in [0, 0.05) is 11.9 Å². The number of hydrogen-bond donors (Lipinski definition) is 3. The summed E-state index contributed by atoms with van der Waals surface area (Å²) in [5, 5.41) is 7.51. The molecule has 18 heavy (non-hydrogen) atoms. The van der Waals surface area contributed by atoms with E-state index in [0.29, 0.717) is 17.4 Å². The van der Waals surface area contributed by atoms with Gasteiger partial charge in [-0.15, -0.1) is 11.3 Å². The Morgan fingerprint density at radius 1 is 1.56 bits per heavy atom. The highest BCUT2D eigenvalue weighted by Crippen LogP contribution is 2.11. The van der Waals surface area contributed by atoms with Gasteiger partial charge in [-0.2, -0.15) is 0 Å². The number of carbonyl (C=O) groups excluding carboxylic acids is 2. The number of nitrogens with one attached hydrogen (secondary N) is 2. The SMILES string of the molecule is CCCNC(=O)C(C)NC(=O)Cc1csc(N)n1. The molecule has 7 heteroatoms. The van der Waals surface area contributed by atoms with Crippen molar-refractivity contribution >= 4 is 28.3 Å². The zero-order chi connectivity index (χ0) is 13.5. The van der Waals surface area contributed by atoms with E-state index in [1.165, 1.54) is 11.3 Å². The Hall–Kier alpha value is -1.63. The predicted octanol–water partition coefficient (Wildman–Crippen LogP) is 0.299. The van der Waals surface area contributed by atoms with Crippen molar-refractivity contribution in [2.75, 3.05) is 12.3 Å². The largest absolute Gasteiger partial charge is 0.375 e. The number of nitrogens with zero attached hydrogens (tertiary/aromatic N) is 1. The molecule has 0 aromatic carbocycles. The van der Waals surface area contributed by atoms with E-state index in [1.807, 2.05) is 6.92 Å². The van der Waals surface area contributed by atoms with Gasteiger partial charge in [0.05, 0.1) is 12.1 Å². The Balaban J connectivity index is 2.37. The van der Waals surface area contributed by atoms with Crippen molar-refractivity contribution in [1.82, 2.24) is 15.6 Å². The van der Waals surface area contributed by atoms with Crippen LogP contribution < -0.4 is 16.4 Å². The number of nitrogens with two attached hydrogens (primary N) is 1. The number of anilines is 1. The molecular formula is C11H18N4O2S. The number of hydrogen-bond acceptors (Lipinski definition) is 5. The molecule has 0 radical (unpaired) electrons. The third-order valence-corrected chi connectivity index (χ3v) is 2.95. The van der Waals surface area contributed by atoms with Crippen molar-refractivity contribution < 1.29 is 9.59 Å². The van der Waals surface area contributed by atoms with Crippen molar-refractivity contribution in [3.05, 3.63) is 11.1 Å². The predicted molar refractivity (Wildman–Crippen MR) is 71.1 cm³/mol. The highest BCUT2D eigenvalue weighted by atomic mass is 32.1. The van der Waals surface area contributed by atoms with Gasteiger partial charge in [-0.1, -0.05) is 6.92 Å². The number of amides is 2. The molecule has 0 saturated carbocycles. The second kappa shape index (κ2) is 6.95. The monoisotopic (exact) mass is 270 g/mol. The maximum absolute atomic E-state index is 11.6. The molecule has 1 aromatic rings. The van der Waals surface area contributed by atoms with Gasteiger partial charge in [0.2, 0.25) is 11.8 Å². The molecule has 0 aliphatic carbocycles. The highest BCUT2D eigenvalue weighted by Gasteiger charge is 2.15. The maximum atomic E-state index is 11.6. The van der Waals surface area contributed by atoms with E-state index in [2.05, 4.69) is 15.6 Å². The van der Waals surface area contributed by atoms with Crippen molar-refractivity contribution in [1.29, 1.82) is 0 Å². The summed E-state index contributed by atoms with van der Waals surface area (Å²) in [6.45, 7) is 4.23. The first-order valence-corrected chi connectivity index (χ1v) is 6.67. The van der Waals surface area contributed by atoms with Crippen LogP contribution in [0.5, 0.6) is 0 Å². The molecule has 0 bridgehead atoms. The van der Waals surface area contributed by atoms with E-state index in [4.69, 9.17) is 5.73 Å². The lowest BCUT2D eigenvalue weighted by molar-refractivity contribution is -0.128. The fraction of sp³-hybridized carbons (Fsp3) is 0.545. The minimum absolute atomic E-state index is 0.138. The van der Waals surface area contributed by atoms with Crippen LogP contribution in [0, 0.1) is 0 Å². The third kappa shape index (κ3) is 4.70. The van der Waals surface area contributed by atoms with Gasteiger partial charge in [0.1, 0.15) is 6.04 Å². The fourth-order valence-corrected chi connectivity index (χ4v) is 1.89. The smallest absolute Gasteiger partial charge is 0.242 e. The lowest BCUT2D eigenvalue weighted by Gasteiger charge is -2.13. The number of carbonyl (C=O) groups is 2. The highest BCUT2D eigenvalue weighted by molar-refractivity contribution is 7.13. The minimum atomic E-state index is -0.542. The maximum Gasteiger partial charge on any atom is 0.242 e. The van der Waals surface area contributed by atoms with Crippen LogP contribution in [0.25, 0.3) is 0 Å². The number of thiazole rings is 1. The first-order chi connectivity index (χ1) is 8.52. The van der Waals surface area contributed by atoms with Crippen LogP contribution >= 0.6 is 11.3 Å². The van der Waals surface area contributed by atoms with Crippen LogP contribution in [-0.2, 0) is 16.0 Å². The van der Waals surface area contributed by atoms with Gasteiger partial charge in [-0.3, -0.25) is 9.59 Å². The Labute approximate surface area is 110 Å². The summed E-state index contributed by atoms with van der Waals surface area (Å²) < 4.78 is 0. The summed E-state index contributed by atoms with van der Waals surface area (Å²) in [7, 11) is 0. The van der Waals surface area contributed by atoms with E-state index in [1.54, 1.807) is 12.3 Å². The third-order valence-electron chi connectivity index (χ3n) is 2.23. The van der Waals surface area contributed by atoms with Gasteiger partial charge >= 0.3 is 0 Å². The van der Waals surface area contributed by atoms with Crippen molar-refractivity contribution in [2.24, 2.45) is 0 Å². The summed E-state index contributed by atoms with van der Waals surface area (Å²) in [4.78, 5) is 27.2. The van der Waals surface area contributed by atoms with E-state index in [-0.39, 0.29) is 18.2 Å². The van der Waals surface area contributed by atoms with Crippen LogP contribution in [0.15, 0.2) is 5.38 Å². The topological polar surface area (TPSA) is 97.1 Å². The van der Waals surface area contributed by atoms with Gasteiger partial charge in [-0.25, -0.2) is 4.98 Å². The standard InChI is InChI=1S/C11H18N4O2S/c1-3-4-13-10(17)7(2)14-9(16)5-8-6-18-11(12)15-8/h6-7H,3-5H2,1-2H3,(H2,12,15)(H,13,17)(H,14,16).